The van der Waals surface area contributed by atoms with Crippen LogP contribution in [0.4, 0.5) is 4.79 Å². The summed E-state index contributed by atoms with van der Waals surface area (Å²) in [5.74, 6) is -0.197. The molecule has 19 heavy (non-hydrogen) atoms. The number of amides is 2. The summed E-state index contributed by atoms with van der Waals surface area (Å²) in [6, 6.07) is -0.130. The molecular weight excluding hydrogens is 244 g/mol. The van der Waals surface area contributed by atoms with Gasteiger partial charge >= 0.3 is 12.0 Å². The van der Waals surface area contributed by atoms with Crippen molar-refractivity contribution in [1.82, 2.24) is 10.2 Å². The van der Waals surface area contributed by atoms with Crippen LogP contribution in [0, 0.1) is 11.3 Å². The minimum atomic E-state index is -0.880. The van der Waals surface area contributed by atoms with Crippen molar-refractivity contribution in [2.24, 2.45) is 11.3 Å². The van der Waals surface area contributed by atoms with Crippen molar-refractivity contribution in [1.29, 1.82) is 0 Å². The molecule has 1 fully saturated rings. The number of rotatable bonds is 4. The number of nitrogens with zero attached hydrogens (tertiary/aromatic N) is 1. The van der Waals surface area contributed by atoms with Crippen molar-refractivity contribution in [3.8, 4) is 0 Å². The van der Waals surface area contributed by atoms with Crippen LogP contribution in [0.3, 0.4) is 0 Å². The first-order valence-corrected chi connectivity index (χ1v) is 7.15. The first-order chi connectivity index (χ1) is 8.89. The lowest BCUT2D eigenvalue weighted by molar-refractivity contribution is -0.147. The van der Waals surface area contributed by atoms with Crippen LogP contribution in [0.5, 0.6) is 0 Å². The third kappa shape index (κ3) is 4.40. The molecule has 0 aliphatic carbocycles. The SMILES string of the molecule is CCC(C)(CNC(=O)N1CCCC(C)CC1)C(=O)O. The Bertz CT molecular complexity index is 333. The van der Waals surface area contributed by atoms with Crippen LogP contribution in [0.1, 0.15) is 46.5 Å². The Morgan fingerprint density at radius 2 is 2.05 bits per heavy atom. The molecule has 1 saturated heterocycles. The Kier molecular flexibility index (Phi) is 5.63. The lowest BCUT2D eigenvalue weighted by Crippen LogP contribution is -2.46. The quantitative estimate of drug-likeness (QED) is 0.823. The number of urea groups is 1. The molecule has 0 saturated carbocycles. The molecule has 0 bridgehead atoms. The maximum atomic E-state index is 12.1. The van der Waals surface area contributed by atoms with Gasteiger partial charge in [0.1, 0.15) is 0 Å². The van der Waals surface area contributed by atoms with Gasteiger partial charge in [0.25, 0.3) is 0 Å². The van der Waals surface area contributed by atoms with Gasteiger partial charge in [-0.05, 0) is 38.5 Å². The highest BCUT2D eigenvalue weighted by atomic mass is 16.4. The molecule has 110 valence electrons. The minimum absolute atomic E-state index is 0.130. The fourth-order valence-electron chi connectivity index (χ4n) is 2.20. The predicted octanol–water partition coefficient (Wildman–Crippen LogP) is 2.32. The van der Waals surface area contributed by atoms with Crippen molar-refractivity contribution in [3.63, 3.8) is 0 Å². The van der Waals surface area contributed by atoms with E-state index >= 15 is 0 Å². The third-order valence-electron chi connectivity index (χ3n) is 4.23. The topological polar surface area (TPSA) is 69.6 Å². The number of likely N-dealkylation sites (tertiary alicyclic amines) is 1. The number of carbonyl (C=O) groups is 2. The van der Waals surface area contributed by atoms with E-state index < -0.39 is 11.4 Å². The van der Waals surface area contributed by atoms with Gasteiger partial charge in [-0.2, -0.15) is 0 Å². The summed E-state index contributed by atoms with van der Waals surface area (Å²) in [7, 11) is 0. The first-order valence-electron chi connectivity index (χ1n) is 7.15. The molecule has 2 unspecified atom stereocenters. The summed E-state index contributed by atoms with van der Waals surface area (Å²) in [4.78, 5) is 25.0. The van der Waals surface area contributed by atoms with Crippen molar-refractivity contribution in [3.05, 3.63) is 0 Å². The number of aliphatic carboxylic acids is 1. The lowest BCUT2D eigenvalue weighted by Gasteiger charge is -2.26. The summed E-state index contributed by atoms with van der Waals surface area (Å²) in [6.07, 6.45) is 3.71. The van der Waals surface area contributed by atoms with Crippen LogP contribution in [-0.4, -0.2) is 41.6 Å². The highest BCUT2D eigenvalue weighted by Crippen LogP contribution is 2.20. The number of hydrogen-bond donors (Lipinski definition) is 2. The van der Waals surface area contributed by atoms with Gasteiger partial charge in [-0.25, -0.2) is 4.79 Å². The standard InChI is InChI=1S/C14H26N2O3/c1-4-14(3,12(17)18)10-15-13(19)16-8-5-6-11(2)7-9-16/h11H,4-10H2,1-3H3,(H,15,19)(H,17,18). The van der Waals surface area contributed by atoms with Crippen LogP contribution in [0.2, 0.25) is 0 Å². The Hall–Kier alpha value is -1.26. The second-order valence-corrected chi connectivity index (χ2v) is 5.90. The van der Waals surface area contributed by atoms with Crippen LogP contribution >= 0.6 is 0 Å². The number of carboxylic acid groups (broad SMARTS) is 1. The van der Waals surface area contributed by atoms with Gasteiger partial charge in [0.2, 0.25) is 0 Å². The van der Waals surface area contributed by atoms with E-state index in [9.17, 15) is 14.7 Å². The van der Waals surface area contributed by atoms with Gasteiger partial charge in [0.05, 0.1) is 5.41 Å². The molecule has 0 aromatic heterocycles. The van der Waals surface area contributed by atoms with Gasteiger partial charge < -0.3 is 15.3 Å². The second kappa shape index (κ2) is 6.78. The molecule has 0 radical (unpaired) electrons. The minimum Gasteiger partial charge on any atom is -0.481 e. The van der Waals surface area contributed by atoms with Gasteiger partial charge in [-0.15, -0.1) is 0 Å². The summed E-state index contributed by atoms with van der Waals surface area (Å²) >= 11 is 0. The molecule has 5 heteroatoms. The van der Waals surface area contributed by atoms with Crippen LogP contribution in [0.25, 0.3) is 0 Å². The lowest BCUT2D eigenvalue weighted by atomic mass is 9.88. The average Bonchev–Trinajstić information content (AvgIpc) is 2.60. The smallest absolute Gasteiger partial charge is 0.317 e. The summed E-state index contributed by atoms with van der Waals surface area (Å²) in [5, 5.41) is 11.9. The normalized spacial score (nSPS) is 23.3. The highest BCUT2D eigenvalue weighted by molar-refractivity contribution is 5.77. The molecule has 2 N–H and O–H groups in total. The molecule has 1 heterocycles. The zero-order valence-corrected chi connectivity index (χ0v) is 12.2. The van der Waals surface area contributed by atoms with Crippen molar-refractivity contribution in [2.45, 2.75) is 46.5 Å². The molecule has 0 aromatic rings. The van der Waals surface area contributed by atoms with Gasteiger partial charge in [0, 0.05) is 19.6 Å². The van der Waals surface area contributed by atoms with E-state index in [1.807, 2.05) is 6.92 Å². The van der Waals surface area contributed by atoms with Crippen molar-refractivity contribution >= 4 is 12.0 Å². The number of carbonyl (C=O) groups excluding carboxylic acids is 1. The van der Waals surface area contributed by atoms with Gasteiger partial charge in [-0.1, -0.05) is 13.8 Å². The number of hydrogen-bond acceptors (Lipinski definition) is 2. The van der Waals surface area contributed by atoms with Gasteiger partial charge in [-0.3, -0.25) is 4.79 Å². The molecular formula is C14H26N2O3. The van der Waals surface area contributed by atoms with Crippen molar-refractivity contribution < 1.29 is 14.7 Å². The Morgan fingerprint density at radius 3 is 2.63 bits per heavy atom. The summed E-state index contributed by atoms with van der Waals surface area (Å²) in [5.41, 5.74) is -0.880. The fraction of sp³-hybridized carbons (Fsp3) is 0.857. The van der Waals surface area contributed by atoms with Crippen LogP contribution in [-0.2, 0) is 4.79 Å². The highest BCUT2D eigenvalue weighted by Gasteiger charge is 2.32. The molecule has 0 spiro atoms. The van der Waals surface area contributed by atoms with E-state index in [0.717, 1.165) is 32.4 Å². The van der Waals surface area contributed by atoms with E-state index in [1.54, 1.807) is 11.8 Å². The molecule has 5 nitrogen and oxygen atoms in total. The molecule has 1 aliphatic heterocycles. The van der Waals surface area contributed by atoms with E-state index in [1.165, 1.54) is 0 Å². The third-order valence-corrected chi connectivity index (χ3v) is 4.23. The van der Waals surface area contributed by atoms with Crippen LogP contribution < -0.4 is 5.32 Å². The van der Waals surface area contributed by atoms with Crippen molar-refractivity contribution in [2.75, 3.05) is 19.6 Å². The first kappa shape index (κ1) is 15.8. The Labute approximate surface area is 115 Å². The van der Waals surface area contributed by atoms with E-state index in [0.29, 0.717) is 12.3 Å². The van der Waals surface area contributed by atoms with E-state index in [4.69, 9.17) is 0 Å². The summed E-state index contributed by atoms with van der Waals surface area (Å²) in [6.45, 7) is 7.42. The van der Waals surface area contributed by atoms with Gasteiger partial charge in [0.15, 0.2) is 0 Å². The maximum absolute atomic E-state index is 12.1. The molecule has 0 aromatic carbocycles. The largest absolute Gasteiger partial charge is 0.481 e. The predicted molar refractivity (Wildman–Crippen MR) is 74.0 cm³/mol. The zero-order valence-electron chi connectivity index (χ0n) is 12.2. The van der Waals surface area contributed by atoms with Crippen LogP contribution in [0.15, 0.2) is 0 Å². The zero-order chi connectivity index (χ0) is 14.5. The second-order valence-electron chi connectivity index (χ2n) is 5.90. The molecule has 1 rings (SSSR count). The Balaban J connectivity index is 2.48. The molecule has 1 aliphatic rings. The Morgan fingerprint density at radius 1 is 1.37 bits per heavy atom. The maximum Gasteiger partial charge on any atom is 0.317 e. The molecule has 2 atom stereocenters. The van der Waals surface area contributed by atoms with E-state index in [-0.39, 0.29) is 12.6 Å². The monoisotopic (exact) mass is 270 g/mol. The fourth-order valence-corrected chi connectivity index (χ4v) is 2.20. The van der Waals surface area contributed by atoms with E-state index in [2.05, 4.69) is 12.2 Å². The summed E-state index contributed by atoms with van der Waals surface area (Å²) < 4.78 is 0. The number of nitrogens with one attached hydrogen (secondary N) is 1. The average molecular weight is 270 g/mol. The number of carboxylic acids is 1. The molecule has 2 amide bonds.